The number of hydrogen-bond donors (Lipinski definition) is 1. The van der Waals surface area contributed by atoms with E-state index in [2.05, 4.69) is 53.1 Å². The number of rotatable bonds is 4. The third kappa shape index (κ3) is 3.13. The molecule has 4 nitrogen and oxygen atoms in total. The minimum Gasteiger partial charge on any atom is -0.364 e. The first kappa shape index (κ1) is 15.0. The van der Waals surface area contributed by atoms with E-state index in [4.69, 9.17) is 0 Å². The predicted octanol–water partition coefficient (Wildman–Crippen LogP) is 2.04. The number of nitrogens with one attached hydrogen (secondary N) is 1. The Bertz CT molecular complexity index is 678. The van der Waals surface area contributed by atoms with Gasteiger partial charge >= 0.3 is 0 Å². The molecule has 0 amide bonds. The summed E-state index contributed by atoms with van der Waals surface area (Å²) in [4.78, 5) is 20.2. The second kappa shape index (κ2) is 6.46. The zero-order chi connectivity index (χ0) is 15.5. The summed E-state index contributed by atoms with van der Waals surface area (Å²) < 4.78 is 0. The van der Waals surface area contributed by atoms with E-state index in [-0.39, 0.29) is 11.5 Å². The molecule has 0 saturated carbocycles. The zero-order valence-electron chi connectivity index (χ0n) is 13.2. The number of fused-ring (bicyclic) bond motifs is 1. The van der Waals surface area contributed by atoms with Crippen molar-refractivity contribution >= 4 is 0 Å². The lowest BCUT2D eigenvalue weighted by molar-refractivity contribution is 0.142. The highest BCUT2D eigenvalue weighted by atomic mass is 16.1. The van der Waals surface area contributed by atoms with Gasteiger partial charge < -0.3 is 9.88 Å². The molecule has 1 aromatic heterocycles. The minimum absolute atomic E-state index is 0.143. The molecule has 1 N–H and O–H groups in total. The van der Waals surface area contributed by atoms with Crippen molar-refractivity contribution < 1.29 is 0 Å². The van der Waals surface area contributed by atoms with Crippen molar-refractivity contribution in [3.8, 4) is 0 Å². The van der Waals surface area contributed by atoms with E-state index in [9.17, 15) is 4.79 Å². The van der Waals surface area contributed by atoms with Crippen LogP contribution in [0.4, 0.5) is 0 Å². The largest absolute Gasteiger partial charge is 0.364 e. The standard InChI is InChI=1S/C18H23N3O/c1-20(2)13-16-18-15(19-10-8-17(18)22)9-11-21(16)12-14-6-4-3-5-7-14/h3-8,10,16H,9,11-13H2,1-2H3,(H,19,22). The van der Waals surface area contributed by atoms with E-state index in [1.165, 1.54) is 5.56 Å². The Balaban J connectivity index is 1.93. The molecule has 2 heterocycles. The van der Waals surface area contributed by atoms with Gasteiger partial charge in [-0.2, -0.15) is 0 Å². The van der Waals surface area contributed by atoms with E-state index in [1.54, 1.807) is 12.3 Å². The van der Waals surface area contributed by atoms with Gasteiger partial charge in [-0.25, -0.2) is 0 Å². The molecule has 22 heavy (non-hydrogen) atoms. The zero-order valence-corrected chi connectivity index (χ0v) is 13.2. The van der Waals surface area contributed by atoms with E-state index < -0.39 is 0 Å². The molecule has 0 bridgehead atoms. The lowest BCUT2D eigenvalue weighted by Gasteiger charge is -2.38. The summed E-state index contributed by atoms with van der Waals surface area (Å²) in [5.41, 5.74) is 3.49. The van der Waals surface area contributed by atoms with Crippen LogP contribution >= 0.6 is 0 Å². The Morgan fingerprint density at radius 2 is 2.00 bits per heavy atom. The normalized spacial score (nSPS) is 18.4. The van der Waals surface area contributed by atoms with Crippen LogP contribution in [0.25, 0.3) is 0 Å². The van der Waals surface area contributed by atoms with Gasteiger partial charge in [-0.3, -0.25) is 9.69 Å². The summed E-state index contributed by atoms with van der Waals surface area (Å²) in [5.74, 6) is 0. The summed E-state index contributed by atoms with van der Waals surface area (Å²) in [6.07, 6.45) is 2.67. The highest BCUT2D eigenvalue weighted by molar-refractivity contribution is 5.28. The monoisotopic (exact) mass is 297 g/mol. The minimum atomic E-state index is 0.143. The van der Waals surface area contributed by atoms with E-state index in [1.807, 2.05) is 6.07 Å². The van der Waals surface area contributed by atoms with Gasteiger partial charge in [-0.05, 0) is 19.7 Å². The molecule has 3 rings (SSSR count). The maximum absolute atomic E-state index is 12.4. The van der Waals surface area contributed by atoms with Crippen LogP contribution < -0.4 is 5.43 Å². The smallest absolute Gasteiger partial charge is 0.186 e. The van der Waals surface area contributed by atoms with Crippen LogP contribution in [0, 0.1) is 0 Å². The van der Waals surface area contributed by atoms with Crippen molar-refractivity contribution in [1.29, 1.82) is 0 Å². The molecule has 0 fully saturated rings. The quantitative estimate of drug-likeness (QED) is 0.938. The fourth-order valence-electron chi connectivity index (χ4n) is 3.26. The number of pyridine rings is 1. The molecular formula is C18H23N3O. The Hall–Kier alpha value is -1.91. The van der Waals surface area contributed by atoms with Crippen LogP contribution in [0.15, 0.2) is 47.4 Å². The molecule has 0 aliphatic carbocycles. The first-order valence-electron chi connectivity index (χ1n) is 7.78. The maximum Gasteiger partial charge on any atom is 0.186 e. The Kier molecular flexibility index (Phi) is 4.41. The van der Waals surface area contributed by atoms with Crippen molar-refractivity contribution in [2.24, 2.45) is 0 Å². The van der Waals surface area contributed by atoms with Crippen LogP contribution in [-0.4, -0.2) is 42.0 Å². The molecule has 1 aliphatic rings. The summed E-state index contributed by atoms with van der Waals surface area (Å²) in [6, 6.07) is 12.3. The van der Waals surface area contributed by atoms with Crippen LogP contribution in [0.5, 0.6) is 0 Å². The summed E-state index contributed by atoms with van der Waals surface area (Å²) in [5, 5.41) is 0. The van der Waals surface area contributed by atoms with Crippen LogP contribution in [0.2, 0.25) is 0 Å². The van der Waals surface area contributed by atoms with Gasteiger partial charge in [0.05, 0.1) is 6.04 Å². The topological polar surface area (TPSA) is 39.3 Å². The van der Waals surface area contributed by atoms with E-state index in [0.29, 0.717) is 0 Å². The van der Waals surface area contributed by atoms with Gasteiger partial charge in [0.15, 0.2) is 5.43 Å². The number of benzene rings is 1. The maximum atomic E-state index is 12.4. The Morgan fingerprint density at radius 3 is 2.73 bits per heavy atom. The van der Waals surface area contributed by atoms with Crippen molar-refractivity contribution in [2.45, 2.75) is 19.0 Å². The predicted molar refractivity (Wildman–Crippen MR) is 88.9 cm³/mol. The van der Waals surface area contributed by atoms with Crippen molar-refractivity contribution in [3.63, 3.8) is 0 Å². The summed E-state index contributed by atoms with van der Waals surface area (Å²) >= 11 is 0. The lowest BCUT2D eigenvalue weighted by atomic mass is 9.95. The van der Waals surface area contributed by atoms with Gasteiger partial charge in [0.1, 0.15) is 0 Å². The average Bonchev–Trinajstić information content (AvgIpc) is 2.50. The van der Waals surface area contributed by atoms with Crippen LogP contribution in [0.3, 0.4) is 0 Å². The van der Waals surface area contributed by atoms with E-state index >= 15 is 0 Å². The van der Waals surface area contributed by atoms with E-state index in [0.717, 1.165) is 37.3 Å². The van der Waals surface area contributed by atoms with Gasteiger partial charge in [-0.1, -0.05) is 30.3 Å². The van der Waals surface area contributed by atoms with Crippen LogP contribution in [0.1, 0.15) is 22.9 Å². The molecule has 0 radical (unpaired) electrons. The number of likely N-dealkylation sites (N-methyl/N-ethyl adjacent to an activating group) is 1. The molecule has 0 spiro atoms. The Morgan fingerprint density at radius 1 is 1.23 bits per heavy atom. The number of H-pyrrole nitrogens is 1. The molecule has 1 unspecified atom stereocenters. The van der Waals surface area contributed by atoms with Gasteiger partial charge in [-0.15, -0.1) is 0 Å². The van der Waals surface area contributed by atoms with Gasteiger partial charge in [0.25, 0.3) is 0 Å². The second-order valence-electron chi connectivity index (χ2n) is 6.22. The fourth-order valence-corrected chi connectivity index (χ4v) is 3.26. The molecular weight excluding hydrogens is 274 g/mol. The summed E-state index contributed by atoms with van der Waals surface area (Å²) in [7, 11) is 4.12. The molecule has 1 aliphatic heterocycles. The molecule has 1 atom stereocenters. The molecule has 116 valence electrons. The average molecular weight is 297 g/mol. The van der Waals surface area contributed by atoms with Crippen molar-refractivity contribution in [1.82, 2.24) is 14.8 Å². The van der Waals surface area contributed by atoms with Crippen molar-refractivity contribution in [3.05, 3.63) is 69.6 Å². The van der Waals surface area contributed by atoms with Crippen LogP contribution in [-0.2, 0) is 13.0 Å². The van der Waals surface area contributed by atoms with Crippen molar-refractivity contribution in [2.75, 3.05) is 27.2 Å². The third-order valence-corrected chi connectivity index (χ3v) is 4.27. The van der Waals surface area contributed by atoms with Gasteiger partial charge in [0, 0.05) is 49.6 Å². The summed E-state index contributed by atoms with van der Waals surface area (Å²) in [6.45, 7) is 2.71. The number of hydrogen-bond acceptors (Lipinski definition) is 3. The highest BCUT2D eigenvalue weighted by Gasteiger charge is 2.30. The SMILES string of the molecule is CN(C)CC1c2c([nH]ccc2=O)CCN1Cc1ccccc1. The fraction of sp³-hybridized carbons (Fsp3) is 0.389. The molecule has 4 heteroatoms. The second-order valence-corrected chi connectivity index (χ2v) is 6.22. The number of aromatic amines is 1. The lowest BCUT2D eigenvalue weighted by Crippen LogP contribution is -2.43. The molecule has 2 aromatic rings. The molecule has 0 saturated heterocycles. The Labute approximate surface area is 131 Å². The number of nitrogens with zero attached hydrogens (tertiary/aromatic N) is 2. The third-order valence-electron chi connectivity index (χ3n) is 4.27. The first-order valence-corrected chi connectivity index (χ1v) is 7.78. The highest BCUT2D eigenvalue weighted by Crippen LogP contribution is 2.28. The van der Waals surface area contributed by atoms with Gasteiger partial charge in [0.2, 0.25) is 0 Å². The molecule has 1 aromatic carbocycles. The first-order chi connectivity index (χ1) is 10.6. The number of aromatic nitrogens is 1.